The lowest BCUT2D eigenvalue weighted by Gasteiger charge is -2.35. The fraction of sp³-hybridized carbons (Fsp3) is 0.269. The molecule has 0 N–H and O–H groups in total. The first kappa shape index (κ1) is 37.9. The quantitative estimate of drug-likeness (QED) is 0.123. The van der Waals surface area contributed by atoms with Gasteiger partial charge in [0.2, 0.25) is 0 Å². The molecule has 0 fully saturated rings. The van der Waals surface area contributed by atoms with Gasteiger partial charge in [0.15, 0.2) is 0 Å². The van der Waals surface area contributed by atoms with E-state index in [4.69, 9.17) is 0 Å². The molecular weight excluding hydrogens is 729 g/mol. The molecule has 2 aliphatic carbocycles. The smallest absolute Gasteiger partial charge is 0.266 e. The molecule has 0 radical (unpaired) electrons. The molecule has 0 saturated carbocycles. The summed E-state index contributed by atoms with van der Waals surface area (Å²) in [6.45, 7) is 13.2. The number of hydrogen-bond donors (Lipinski definition) is 0. The van der Waals surface area contributed by atoms with Crippen LogP contribution in [0, 0.1) is 0 Å². The highest BCUT2D eigenvalue weighted by atomic mass is 19.3. The van der Waals surface area contributed by atoms with Crippen LogP contribution < -0.4 is 9.80 Å². The van der Waals surface area contributed by atoms with Gasteiger partial charge in [0.05, 0.1) is 21.7 Å². The van der Waals surface area contributed by atoms with Crippen LogP contribution in [0.25, 0.3) is 21.5 Å². The summed E-state index contributed by atoms with van der Waals surface area (Å²) in [6, 6.07) is 48.7. The monoisotopic (exact) mass is 776 g/mol. The second-order valence-corrected chi connectivity index (χ2v) is 18.3. The summed E-state index contributed by atoms with van der Waals surface area (Å²) in [4.78, 5) is 4.28. The van der Waals surface area contributed by atoms with E-state index in [1.165, 1.54) is 0 Å². The average Bonchev–Trinajstić information content (AvgIpc) is 3.38. The average molecular weight is 777 g/mol. The van der Waals surface area contributed by atoms with E-state index in [9.17, 15) is 0 Å². The Bertz CT molecular complexity index is 2560. The number of halogens is 4. The fourth-order valence-corrected chi connectivity index (χ4v) is 10.1. The maximum absolute atomic E-state index is 15.9. The molecule has 2 nitrogen and oxygen atoms in total. The van der Waals surface area contributed by atoms with Crippen LogP contribution in [0.3, 0.4) is 0 Å². The molecule has 58 heavy (non-hydrogen) atoms. The number of rotatable bonds is 6. The van der Waals surface area contributed by atoms with Crippen LogP contribution in [0.1, 0.15) is 77.6 Å². The first-order chi connectivity index (χ1) is 27.3. The Morgan fingerprint density at radius 1 is 0.310 bits per heavy atom. The maximum Gasteiger partial charge on any atom is 0.266 e. The molecule has 0 atom stereocenters. The van der Waals surface area contributed by atoms with Gasteiger partial charge in [-0.3, -0.25) is 0 Å². The zero-order valence-corrected chi connectivity index (χ0v) is 34.3. The molecular formula is C52H48F4N2. The molecule has 0 aliphatic heterocycles. The van der Waals surface area contributed by atoms with E-state index >= 15 is 17.6 Å². The summed E-state index contributed by atoms with van der Waals surface area (Å²) in [5.41, 5.74) is 2.74. The van der Waals surface area contributed by atoms with Gasteiger partial charge in [0.25, 0.3) is 11.8 Å². The van der Waals surface area contributed by atoms with Gasteiger partial charge in [0.1, 0.15) is 0 Å². The number of para-hydroxylation sites is 2. The summed E-state index contributed by atoms with van der Waals surface area (Å²) in [5.74, 6) is -5.85. The van der Waals surface area contributed by atoms with E-state index in [1.807, 2.05) is 97.1 Å². The van der Waals surface area contributed by atoms with Crippen molar-refractivity contribution in [2.75, 3.05) is 9.80 Å². The van der Waals surface area contributed by atoms with Gasteiger partial charge < -0.3 is 9.80 Å². The highest BCUT2D eigenvalue weighted by Crippen LogP contribution is 2.61. The van der Waals surface area contributed by atoms with Crippen molar-refractivity contribution in [1.82, 2.24) is 0 Å². The van der Waals surface area contributed by atoms with Crippen LogP contribution in [0.5, 0.6) is 0 Å². The van der Waals surface area contributed by atoms with Crippen LogP contribution in [0.4, 0.5) is 51.7 Å². The summed E-state index contributed by atoms with van der Waals surface area (Å²) < 4.78 is 63.6. The van der Waals surface area contributed by atoms with Crippen LogP contribution >= 0.6 is 0 Å². The number of anilines is 6. The third kappa shape index (κ3) is 5.09. The van der Waals surface area contributed by atoms with E-state index in [0.717, 1.165) is 55.7 Å². The molecule has 0 aromatic heterocycles. The van der Waals surface area contributed by atoms with Crippen molar-refractivity contribution in [3.05, 3.63) is 168 Å². The molecule has 7 aromatic rings. The molecule has 0 spiro atoms. The minimum atomic E-state index is -2.92. The summed E-state index contributed by atoms with van der Waals surface area (Å²) in [5, 5.41) is 4.23. The van der Waals surface area contributed by atoms with Crippen molar-refractivity contribution in [2.24, 2.45) is 0 Å². The molecule has 0 saturated heterocycles. The minimum Gasteiger partial charge on any atom is -0.310 e. The van der Waals surface area contributed by atoms with E-state index < -0.39 is 33.5 Å². The van der Waals surface area contributed by atoms with Gasteiger partial charge in [-0.2, -0.15) is 0 Å². The van der Waals surface area contributed by atoms with Gasteiger partial charge >= 0.3 is 0 Å². The largest absolute Gasteiger partial charge is 0.310 e. The Morgan fingerprint density at radius 3 is 0.983 bits per heavy atom. The lowest BCUT2D eigenvalue weighted by atomic mass is 9.77. The molecule has 0 bridgehead atoms. The lowest BCUT2D eigenvalue weighted by molar-refractivity contribution is -0.105. The molecule has 0 unspecified atom stereocenters. The van der Waals surface area contributed by atoms with Crippen LogP contribution in [-0.4, -0.2) is 11.8 Å². The van der Waals surface area contributed by atoms with Gasteiger partial charge in [-0.1, -0.05) is 72.8 Å². The summed E-state index contributed by atoms with van der Waals surface area (Å²) >= 11 is 0. The molecule has 0 heterocycles. The Labute approximate surface area is 338 Å². The van der Waals surface area contributed by atoms with Gasteiger partial charge in [0, 0.05) is 34.1 Å². The number of alkyl halides is 4. The van der Waals surface area contributed by atoms with Crippen molar-refractivity contribution < 1.29 is 17.6 Å². The molecule has 7 aromatic carbocycles. The van der Waals surface area contributed by atoms with E-state index in [1.54, 1.807) is 55.4 Å². The molecule has 0 amide bonds. The fourth-order valence-electron chi connectivity index (χ4n) is 10.1. The second-order valence-electron chi connectivity index (χ2n) is 18.3. The molecule has 6 heteroatoms. The van der Waals surface area contributed by atoms with Gasteiger partial charge in [-0.15, -0.1) is 0 Å². The number of fused-ring (bicyclic) bond motifs is 5. The van der Waals surface area contributed by atoms with Crippen molar-refractivity contribution >= 4 is 55.7 Å². The Kier molecular flexibility index (Phi) is 8.14. The standard InChI is InChI=1S/C52H48F4N2/c1-47(2)43-27-23-39(31-45(43)49(5,6)51(47,53)54)57(35-15-11-9-12-16-35)37-21-25-41-33(29-37)19-20-34-30-38(22-26-42(34)41)58(36-17-13-10-14-18-36)40-24-28-44-46(32-40)50(7,8)52(55,56)48(44,3)4/h9-32H,1-8H3. The molecule has 9 rings (SSSR count). The predicted molar refractivity (Wildman–Crippen MR) is 233 cm³/mol. The highest BCUT2D eigenvalue weighted by molar-refractivity contribution is 6.09. The number of nitrogens with zero attached hydrogens (tertiary/aromatic N) is 2. The third-order valence-electron chi connectivity index (χ3n) is 13.7. The van der Waals surface area contributed by atoms with Crippen LogP contribution in [0.15, 0.2) is 146 Å². The van der Waals surface area contributed by atoms with Crippen molar-refractivity contribution in [1.29, 1.82) is 0 Å². The van der Waals surface area contributed by atoms with Gasteiger partial charge in [-0.25, -0.2) is 17.6 Å². The number of benzene rings is 7. The second kappa shape index (κ2) is 12.4. The van der Waals surface area contributed by atoms with Crippen LogP contribution in [-0.2, 0) is 21.7 Å². The predicted octanol–water partition coefficient (Wildman–Crippen LogP) is 15.3. The SMILES string of the molecule is CC1(C)c2ccc(N(c3ccccc3)c3ccc4c(ccc5cc(N(c6ccccc6)c6ccc7c(c6)C(C)(C)C(F)(F)C7(C)C)ccc54)c3)cc2C(C)(C)C1(F)F. The number of hydrogen-bond acceptors (Lipinski definition) is 2. The van der Waals surface area contributed by atoms with E-state index in [-0.39, 0.29) is 0 Å². The molecule has 294 valence electrons. The maximum atomic E-state index is 15.9. The molecule has 2 aliphatic rings. The van der Waals surface area contributed by atoms with E-state index in [2.05, 4.69) is 58.3 Å². The first-order valence-electron chi connectivity index (χ1n) is 20.0. The normalized spacial score (nSPS) is 18.8. The zero-order chi connectivity index (χ0) is 41.2. The van der Waals surface area contributed by atoms with Gasteiger partial charge in [-0.05, 0) is 172 Å². The first-order valence-corrected chi connectivity index (χ1v) is 20.0. The van der Waals surface area contributed by atoms with E-state index in [0.29, 0.717) is 22.3 Å². The van der Waals surface area contributed by atoms with Crippen molar-refractivity contribution in [3.63, 3.8) is 0 Å². The Morgan fingerprint density at radius 2 is 0.621 bits per heavy atom. The van der Waals surface area contributed by atoms with Crippen LogP contribution in [0.2, 0.25) is 0 Å². The Balaban J connectivity index is 1.14. The Hall–Kier alpha value is -5.62. The highest BCUT2D eigenvalue weighted by Gasteiger charge is 2.66. The zero-order valence-electron chi connectivity index (χ0n) is 34.3. The topological polar surface area (TPSA) is 6.48 Å². The summed E-state index contributed by atoms with van der Waals surface area (Å²) in [7, 11) is 0. The van der Waals surface area contributed by atoms with Crippen molar-refractivity contribution in [3.8, 4) is 0 Å². The van der Waals surface area contributed by atoms with Crippen molar-refractivity contribution in [2.45, 2.75) is 88.9 Å². The minimum absolute atomic E-state index is 0.665. The third-order valence-corrected chi connectivity index (χ3v) is 13.7. The lowest BCUT2D eigenvalue weighted by Crippen LogP contribution is -2.46. The summed E-state index contributed by atoms with van der Waals surface area (Å²) in [6.07, 6.45) is 0.